The average Bonchev–Trinajstić information content (AvgIpc) is 3.36. The first-order chi connectivity index (χ1) is 33.7. The van der Waals surface area contributed by atoms with E-state index in [9.17, 15) is 24.3 Å². The van der Waals surface area contributed by atoms with Crippen LogP contribution in [0.2, 0.25) is 0 Å². The first kappa shape index (κ1) is 56.8. The third-order valence-corrected chi connectivity index (χ3v) is 19.6. The number of esters is 1. The molecule has 0 aliphatic heterocycles. The number of pyridine rings is 2. The Hall–Kier alpha value is -3.90. The molecule has 0 unspecified atom stereocenters. The largest absolute Gasteiger partial charge is 1.00 e. The van der Waals surface area contributed by atoms with Crippen LogP contribution in [-0.4, -0.2) is 63.2 Å². The Morgan fingerprint density at radius 2 is 0.904 bits per heavy atom. The van der Waals surface area contributed by atoms with Crippen LogP contribution in [0.1, 0.15) is 204 Å². The standard InChI is InChI=1S/C31H42N2O3.C30H40N2O3.Na.H2O/c1-29(2,3)24-7-9-25(10-8-24)33-27-18-23-17-21(5-6-22(23)20-32-27)26(34)19-30-11-14-31(15-12-30,16-13-30)28(35)36-4;1-28(2,3)23-6-8-24(9-7-23)32-26-17-22-16-20(4-5-21(22)19-31-26)25(33)18-29-10-13-30(14-11-29,15-12-29)27(34)35;;/h5-6,17-18,20,24-25H,7-16,19H2,1-4H3,(H,32,33);4-5,16-17,19,23-24H,6-15,18H2,1-3H3,(H,31,32)(H,34,35);;1H2/q;;+1;/p-1. The molecular weight excluding hydrogens is 924 g/mol. The molecule has 4 N–H and O–H groups in total. The van der Waals surface area contributed by atoms with Crippen molar-refractivity contribution in [3.05, 3.63) is 72.1 Å². The van der Waals surface area contributed by atoms with Crippen molar-refractivity contribution in [2.45, 2.75) is 195 Å². The number of aromatic nitrogens is 2. The SMILES string of the molecule is CC(C)(C)C1CCC(Nc2cc3cc(C(=O)CC45CCC(C(=O)O)(CC4)CC5)ccc3cn2)CC1.COC(=O)C12CCC(CC(=O)c3ccc4cnc(NC5CCC(C(C)(C)C)CC5)cc4c3)(CC1)CC2.[Na+].[OH-]. The van der Waals surface area contributed by atoms with Gasteiger partial charge in [-0.25, -0.2) is 9.97 Å². The number of benzene rings is 2. The number of hydrogen-bond donors (Lipinski definition) is 3. The number of carboxylic acids is 1. The van der Waals surface area contributed by atoms with E-state index in [-0.39, 0.29) is 68.8 Å². The fourth-order valence-electron chi connectivity index (χ4n) is 14.2. The van der Waals surface area contributed by atoms with Crippen LogP contribution in [0.3, 0.4) is 0 Å². The smallest absolute Gasteiger partial charge is 0.870 e. The fourth-order valence-corrected chi connectivity index (χ4v) is 14.2. The summed E-state index contributed by atoms with van der Waals surface area (Å²) in [7, 11) is 1.49. The third-order valence-electron chi connectivity index (χ3n) is 19.6. The number of rotatable bonds is 12. The third kappa shape index (κ3) is 12.5. The van der Waals surface area contributed by atoms with Crippen molar-refractivity contribution < 1.29 is 64.1 Å². The van der Waals surface area contributed by atoms with Crippen molar-refractivity contribution in [1.82, 2.24) is 9.97 Å². The van der Waals surface area contributed by atoms with Gasteiger partial charge in [-0.15, -0.1) is 0 Å². The zero-order chi connectivity index (χ0) is 50.4. The van der Waals surface area contributed by atoms with Crippen molar-refractivity contribution >= 4 is 56.7 Å². The van der Waals surface area contributed by atoms with Crippen LogP contribution >= 0.6 is 0 Å². The summed E-state index contributed by atoms with van der Waals surface area (Å²) >= 11 is 0. The van der Waals surface area contributed by atoms with Crippen molar-refractivity contribution in [2.24, 2.45) is 44.3 Å². The molecule has 73 heavy (non-hydrogen) atoms. The summed E-state index contributed by atoms with van der Waals surface area (Å²) in [4.78, 5) is 60.1. The van der Waals surface area contributed by atoms with E-state index in [2.05, 4.69) is 74.3 Å². The van der Waals surface area contributed by atoms with Gasteiger partial charge in [0.25, 0.3) is 0 Å². The second-order valence-corrected chi connectivity index (χ2v) is 25.9. The zero-order valence-electron chi connectivity index (χ0n) is 45.5. The molecule has 2 aromatic carbocycles. The number of fused-ring (bicyclic) bond motifs is 8. The number of nitrogens with zero attached hydrogens (tertiary/aromatic N) is 2. The van der Waals surface area contributed by atoms with Crippen LogP contribution in [0.25, 0.3) is 21.5 Å². The molecule has 0 atom stereocenters. The Bertz CT molecular complexity index is 2590. The number of Topliss-reactive ketones (excluding diaryl/α,β-unsaturated/α-hetero) is 2. The molecule has 4 aromatic rings. The van der Waals surface area contributed by atoms with E-state index in [1.807, 2.05) is 48.8 Å². The molecule has 0 amide bonds. The summed E-state index contributed by atoms with van der Waals surface area (Å²) in [6.07, 6.45) is 24.7. The molecule has 8 saturated carbocycles. The molecule has 8 aliphatic rings. The Morgan fingerprint density at radius 1 is 0.548 bits per heavy atom. The summed E-state index contributed by atoms with van der Waals surface area (Å²) in [5, 5.41) is 21.2. The minimum atomic E-state index is -0.646. The maximum Gasteiger partial charge on any atom is 1.00 e. The quantitative estimate of drug-likeness (QED) is 0.0699. The van der Waals surface area contributed by atoms with E-state index in [0.29, 0.717) is 55.0 Å². The summed E-state index contributed by atoms with van der Waals surface area (Å²) in [6, 6.07) is 17.1. The molecule has 8 aliphatic carbocycles. The van der Waals surface area contributed by atoms with Gasteiger partial charge in [0.05, 0.1) is 17.9 Å². The van der Waals surface area contributed by atoms with Gasteiger partial charge in [0, 0.05) is 59.2 Å². The van der Waals surface area contributed by atoms with Gasteiger partial charge in [0.1, 0.15) is 11.6 Å². The first-order valence-corrected chi connectivity index (χ1v) is 27.4. The van der Waals surface area contributed by atoms with E-state index in [0.717, 1.165) is 114 Å². The molecule has 4 bridgehead atoms. The number of carbonyl (C=O) groups is 4. The molecule has 2 heterocycles. The normalized spacial score (nSPS) is 29.7. The number of anilines is 2. The van der Waals surface area contributed by atoms with Gasteiger partial charge in [-0.1, -0.05) is 65.8 Å². The monoisotopic (exact) mass is 1010 g/mol. The molecule has 11 nitrogen and oxygen atoms in total. The summed E-state index contributed by atoms with van der Waals surface area (Å²) in [5.41, 5.74) is 1.50. The first-order valence-electron chi connectivity index (χ1n) is 27.4. The van der Waals surface area contributed by atoms with Crippen molar-refractivity contribution in [1.29, 1.82) is 0 Å². The molecule has 12 heteroatoms. The van der Waals surface area contributed by atoms with Gasteiger partial charge in [-0.05, 0) is 197 Å². The number of nitrogens with one attached hydrogen (secondary N) is 2. The van der Waals surface area contributed by atoms with Gasteiger partial charge >= 0.3 is 41.5 Å². The number of carboxylic acid groups (broad SMARTS) is 1. The maximum absolute atomic E-state index is 13.4. The minimum Gasteiger partial charge on any atom is -0.870 e. The Kier molecular flexibility index (Phi) is 17.4. The Morgan fingerprint density at radius 3 is 1.23 bits per heavy atom. The maximum atomic E-state index is 13.4. The minimum absolute atomic E-state index is 0. The van der Waals surface area contributed by atoms with Crippen LogP contribution < -0.4 is 40.2 Å². The van der Waals surface area contributed by atoms with Gasteiger partial charge in [-0.2, -0.15) is 0 Å². The van der Waals surface area contributed by atoms with E-state index in [4.69, 9.17) is 4.74 Å². The zero-order valence-corrected chi connectivity index (χ0v) is 47.5. The number of aliphatic carboxylic acids is 1. The predicted octanol–water partition coefficient (Wildman–Crippen LogP) is 11.4. The molecule has 390 valence electrons. The van der Waals surface area contributed by atoms with E-state index >= 15 is 0 Å². The van der Waals surface area contributed by atoms with Gasteiger partial charge in [0.15, 0.2) is 11.6 Å². The number of ketones is 2. The second-order valence-electron chi connectivity index (χ2n) is 25.9. The molecule has 2 aromatic heterocycles. The number of ether oxygens (including phenoxy) is 1. The molecular formula is C61H83N4NaO7. The summed E-state index contributed by atoms with van der Waals surface area (Å²) in [6.45, 7) is 14.1. The van der Waals surface area contributed by atoms with Crippen LogP contribution in [0.4, 0.5) is 11.6 Å². The van der Waals surface area contributed by atoms with Crippen molar-refractivity contribution in [3.63, 3.8) is 0 Å². The molecule has 0 radical (unpaired) electrons. The Balaban J connectivity index is 0.000000208. The van der Waals surface area contributed by atoms with Crippen LogP contribution in [0.5, 0.6) is 0 Å². The molecule has 12 rings (SSSR count). The van der Waals surface area contributed by atoms with Crippen molar-refractivity contribution in [2.75, 3.05) is 17.7 Å². The second kappa shape index (κ2) is 22.4. The van der Waals surface area contributed by atoms with E-state index < -0.39 is 11.4 Å². The molecule has 8 fully saturated rings. The number of hydrogen-bond acceptors (Lipinski definition) is 10. The Labute approximate surface area is 457 Å². The molecule has 0 saturated heterocycles. The van der Waals surface area contributed by atoms with Crippen LogP contribution in [0.15, 0.2) is 60.9 Å². The van der Waals surface area contributed by atoms with Gasteiger partial charge < -0.3 is 26.0 Å². The summed E-state index contributed by atoms with van der Waals surface area (Å²) < 4.78 is 5.09. The average molecular weight is 1010 g/mol. The van der Waals surface area contributed by atoms with E-state index in [1.54, 1.807) is 0 Å². The summed E-state index contributed by atoms with van der Waals surface area (Å²) in [5.74, 6) is 3.07. The predicted molar refractivity (Wildman–Crippen MR) is 286 cm³/mol. The van der Waals surface area contributed by atoms with E-state index in [1.165, 1.54) is 58.5 Å². The number of carbonyl (C=O) groups excluding carboxylic acids is 3. The van der Waals surface area contributed by atoms with Crippen LogP contribution in [0, 0.1) is 44.3 Å². The molecule has 0 spiro atoms. The van der Waals surface area contributed by atoms with Gasteiger partial charge in [0.2, 0.25) is 0 Å². The fraction of sp³-hybridized carbons (Fsp3) is 0.639. The number of methoxy groups -OCH3 is 1. The van der Waals surface area contributed by atoms with Gasteiger partial charge in [-0.3, -0.25) is 19.2 Å². The van der Waals surface area contributed by atoms with Crippen molar-refractivity contribution in [3.8, 4) is 0 Å². The topological polar surface area (TPSA) is 178 Å². The van der Waals surface area contributed by atoms with Crippen LogP contribution in [-0.2, 0) is 14.3 Å².